The van der Waals surface area contributed by atoms with E-state index in [-0.39, 0.29) is 6.42 Å². The van der Waals surface area contributed by atoms with Gasteiger partial charge in [-0.15, -0.1) is 0 Å². The van der Waals surface area contributed by atoms with Gasteiger partial charge in [0, 0.05) is 11.8 Å². The van der Waals surface area contributed by atoms with Crippen LogP contribution in [0, 0.1) is 13.8 Å². The number of ether oxygens (including phenoxy) is 1. The van der Waals surface area contributed by atoms with Gasteiger partial charge in [0.15, 0.2) is 5.75 Å². The first-order chi connectivity index (χ1) is 12.8. The first kappa shape index (κ1) is 19.7. The van der Waals surface area contributed by atoms with Gasteiger partial charge in [0.25, 0.3) is 0 Å². The van der Waals surface area contributed by atoms with Crippen molar-refractivity contribution < 1.29 is 19.0 Å². The van der Waals surface area contributed by atoms with Gasteiger partial charge in [0.2, 0.25) is 6.17 Å². The maximum Gasteiger partial charge on any atom is 0.338 e. The molecule has 0 saturated carbocycles. The van der Waals surface area contributed by atoms with Crippen molar-refractivity contribution in [3.63, 3.8) is 0 Å². The van der Waals surface area contributed by atoms with Crippen LogP contribution in [0.25, 0.3) is 10.9 Å². The molecule has 1 unspecified atom stereocenters. The second-order valence-electron chi connectivity index (χ2n) is 6.09. The zero-order chi connectivity index (χ0) is 19.7. The molecule has 0 bridgehead atoms. The highest BCUT2D eigenvalue weighted by Gasteiger charge is 2.19. The van der Waals surface area contributed by atoms with E-state index in [0.29, 0.717) is 26.0 Å². The number of benzene rings is 2. The van der Waals surface area contributed by atoms with E-state index in [9.17, 15) is 9.18 Å². The van der Waals surface area contributed by atoms with Crippen LogP contribution < -0.4 is 4.74 Å². The smallest absolute Gasteiger partial charge is 0.338 e. The summed E-state index contributed by atoms with van der Waals surface area (Å²) in [6.45, 7) is 3.88. The number of nitrogens with zero attached hydrogens (tertiary/aromatic N) is 2. The molecular formula is C19H15Br2FN2O3. The topological polar surface area (TPSA) is 72.3 Å². The highest BCUT2D eigenvalue weighted by molar-refractivity contribution is 9.11. The summed E-state index contributed by atoms with van der Waals surface area (Å²) < 4.78 is 20.6. The van der Waals surface area contributed by atoms with Crippen LogP contribution in [0.5, 0.6) is 11.5 Å². The molecule has 0 saturated heterocycles. The number of carbonyl (C=O) groups is 1. The summed E-state index contributed by atoms with van der Waals surface area (Å²) in [6, 6.07) is 8.82. The Morgan fingerprint density at radius 2 is 1.85 bits per heavy atom. The number of halogens is 3. The van der Waals surface area contributed by atoms with Gasteiger partial charge in [-0.2, -0.15) is 10.2 Å². The van der Waals surface area contributed by atoms with Crippen LogP contribution in [-0.2, 0) is 11.2 Å². The summed E-state index contributed by atoms with van der Waals surface area (Å²) >= 11 is 6.82. The van der Waals surface area contributed by atoms with E-state index < -0.39 is 12.1 Å². The number of rotatable bonds is 5. The lowest BCUT2D eigenvalue weighted by Gasteiger charge is -2.13. The van der Waals surface area contributed by atoms with Crippen LogP contribution in [0.1, 0.15) is 16.8 Å². The van der Waals surface area contributed by atoms with Gasteiger partial charge in [-0.1, -0.05) is 0 Å². The summed E-state index contributed by atoms with van der Waals surface area (Å²) in [5.41, 5.74) is 3.20. The number of aromatic nitrogens is 2. The summed E-state index contributed by atoms with van der Waals surface area (Å²) in [5.74, 6) is -0.353. The van der Waals surface area contributed by atoms with Crippen LogP contribution in [0.4, 0.5) is 4.39 Å². The van der Waals surface area contributed by atoms with Crippen LogP contribution in [0.15, 0.2) is 39.3 Å². The minimum absolute atomic E-state index is 0.222. The molecule has 0 aliphatic carbocycles. The predicted octanol–water partition coefficient (Wildman–Crippen LogP) is 5.53. The highest BCUT2D eigenvalue weighted by atomic mass is 79.9. The summed E-state index contributed by atoms with van der Waals surface area (Å²) in [4.78, 5) is 10.7. The molecule has 3 aromatic rings. The third-order valence-corrected chi connectivity index (χ3v) is 5.36. The van der Waals surface area contributed by atoms with Gasteiger partial charge in [-0.3, -0.25) is 0 Å². The molecule has 8 heteroatoms. The van der Waals surface area contributed by atoms with E-state index in [1.165, 1.54) is 0 Å². The second-order valence-corrected chi connectivity index (χ2v) is 7.80. The average Bonchev–Trinajstić information content (AvgIpc) is 2.61. The number of hydrogen-bond acceptors (Lipinski definition) is 4. The highest BCUT2D eigenvalue weighted by Crippen LogP contribution is 2.39. The molecule has 0 radical (unpaired) electrons. The largest absolute Gasteiger partial charge is 0.479 e. The lowest BCUT2D eigenvalue weighted by Crippen LogP contribution is -2.17. The Labute approximate surface area is 171 Å². The minimum atomic E-state index is -1.96. The zero-order valence-corrected chi connectivity index (χ0v) is 17.6. The molecule has 3 rings (SSSR count). The maximum absolute atomic E-state index is 13.5. The lowest BCUT2D eigenvalue weighted by atomic mass is 10.1. The van der Waals surface area contributed by atoms with Crippen molar-refractivity contribution in [1.29, 1.82) is 0 Å². The SMILES string of the molecule is Cc1nnc2ccc(Oc3c(Br)cc(CC(F)C(=O)O)cc3Br)cc2c1C. The molecular weight excluding hydrogens is 483 g/mol. The number of alkyl halides is 1. The van der Waals surface area contributed by atoms with E-state index in [1.807, 2.05) is 26.0 Å². The van der Waals surface area contributed by atoms with Gasteiger partial charge in [0.1, 0.15) is 5.75 Å². The Morgan fingerprint density at radius 1 is 1.19 bits per heavy atom. The Balaban J connectivity index is 1.92. The fourth-order valence-electron chi connectivity index (χ4n) is 2.60. The van der Waals surface area contributed by atoms with Gasteiger partial charge < -0.3 is 9.84 Å². The van der Waals surface area contributed by atoms with Crippen molar-refractivity contribution in [2.75, 3.05) is 0 Å². The number of aliphatic carboxylic acids is 1. The summed E-state index contributed by atoms with van der Waals surface area (Å²) in [6.07, 6.45) is -2.18. The fourth-order valence-corrected chi connectivity index (χ4v) is 4.05. The van der Waals surface area contributed by atoms with Crippen LogP contribution in [0.2, 0.25) is 0 Å². The van der Waals surface area contributed by atoms with Crippen molar-refractivity contribution >= 4 is 48.7 Å². The van der Waals surface area contributed by atoms with E-state index in [2.05, 4.69) is 42.1 Å². The lowest BCUT2D eigenvalue weighted by molar-refractivity contribution is -0.142. The van der Waals surface area contributed by atoms with Crippen molar-refractivity contribution in [2.45, 2.75) is 26.4 Å². The van der Waals surface area contributed by atoms with Crippen molar-refractivity contribution in [1.82, 2.24) is 10.2 Å². The molecule has 2 aromatic carbocycles. The van der Waals surface area contributed by atoms with Crippen LogP contribution in [0.3, 0.4) is 0 Å². The third-order valence-electron chi connectivity index (χ3n) is 4.18. The quantitative estimate of drug-likeness (QED) is 0.501. The van der Waals surface area contributed by atoms with Gasteiger partial charge in [-0.25, -0.2) is 9.18 Å². The molecule has 0 aliphatic heterocycles. The molecule has 1 atom stereocenters. The second kappa shape index (κ2) is 7.90. The van der Waals surface area contributed by atoms with Crippen LogP contribution in [-0.4, -0.2) is 27.4 Å². The van der Waals surface area contributed by atoms with Gasteiger partial charge in [0.05, 0.1) is 20.2 Å². The molecule has 140 valence electrons. The van der Waals surface area contributed by atoms with Crippen molar-refractivity contribution in [3.05, 3.63) is 56.1 Å². The standard InChI is InChI=1S/C19H15Br2FN2O3/c1-9-10(2)23-24-17-4-3-12(8-13(9)17)27-18-14(20)5-11(6-15(18)21)7-16(22)19(25)26/h3-6,8,16H,7H2,1-2H3,(H,25,26). The monoisotopic (exact) mass is 496 g/mol. The Bertz CT molecular complexity index is 1020. The normalized spacial score (nSPS) is 12.2. The van der Waals surface area contributed by atoms with E-state index in [1.54, 1.807) is 18.2 Å². The zero-order valence-electron chi connectivity index (χ0n) is 14.5. The molecule has 0 fully saturated rings. The summed E-state index contributed by atoms with van der Waals surface area (Å²) in [7, 11) is 0. The van der Waals surface area contributed by atoms with Crippen molar-refractivity contribution in [3.8, 4) is 11.5 Å². The number of carboxylic acids is 1. The molecule has 0 amide bonds. The third kappa shape index (κ3) is 4.27. The number of aryl methyl sites for hydroxylation is 2. The molecule has 5 nitrogen and oxygen atoms in total. The number of hydrogen-bond donors (Lipinski definition) is 1. The van der Waals surface area contributed by atoms with E-state index in [0.717, 1.165) is 22.2 Å². The predicted molar refractivity (Wildman–Crippen MR) is 107 cm³/mol. The molecule has 1 heterocycles. The fraction of sp³-hybridized carbons (Fsp3) is 0.211. The summed E-state index contributed by atoms with van der Waals surface area (Å²) in [5, 5.41) is 18.0. The number of fused-ring (bicyclic) bond motifs is 1. The van der Waals surface area contributed by atoms with Gasteiger partial charge >= 0.3 is 5.97 Å². The molecule has 27 heavy (non-hydrogen) atoms. The van der Waals surface area contributed by atoms with Crippen LogP contribution >= 0.6 is 31.9 Å². The Hall–Kier alpha value is -2.06. The Morgan fingerprint density at radius 3 is 2.48 bits per heavy atom. The van der Waals surface area contributed by atoms with E-state index in [4.69, 9.17) is 9.84 Å². The van der Waals surface area contributed by atoms with Gasteiger partial charge in [-0.05, 0) is 87.2 Å². The minimum Gasteiger partial charge on any atom is -0.479 e. The average molecular weight is 498 g/mol. The molecule has 0 aliphatic rings. The van der Waals surface area contributed by atoms with E-state index >= 15 is 0 Å². The molecule has 1 aromatic heterocycles. The first-order valence-electron chi connectivity index (χ1n) is 8.02. The number of carboxylic acid groups (broad SMARTS) is 1. The molecule has 1 N–H and O–H groups in total. The maximum atomic E-state index is 13.5. The molecule has 0 spiro atoms. The Kier molecular flexibility index (Phi) is 5.76. The van der Waals surface area contributed by atoms with Crippen molar-refractivity contribution in [2.24, 2.45) is 0 Å². The first-order valence-corrected chi connectivity index (χ1v) is 9.61.